The fraction of sp³-hybridized carbons (Fsp3) is 0.500. The first-order valence-electron chi connectivity index (χ1n) is 7.79. The average Bonchev–Trinajstić information content (AvgIpc) is 2.90. The van der Waals surface area contributed by atoms with Crippen LogP contribution in [0, 0.1) is 17.3 Å². The van der Waals surface area contributed by atoms with Gasteiger partial charge in [0.15, 0.2) is 0 Å². The average molecular weight is 352 g/mol. The molecule has 2 aliphatic rings. The number of carboxylic acids is 1. The number of carbonyl (C=O) groups excluding carboxylic acids is 1. The van der Waals surface area contributed by atoms with Gasteiger partial charge >= 0.3 is 5.97 Å². The molecule has 1 aliphatic carbocycles. The van der Waals surface area contributed by atoms with Crippen molar-refractivity contribution in [3.63, 3.8) is 0 Å². The van der Waals surface area contributed by atoms with Crippen LogP contribution in [0.1, 0.15) is 20.3 Å². The lowest BCUT2D eigenvalue weighted by molar-refractivity contribution is -0.140. The minimum Gasteiger partial charge on any atom is -0.481 e. The lowest BCUT2D eigenvalue weighted by Gasteiger charge is -2.17. The van der Waals surface area contributed by atoms with Gasteiger partial charge in [0, 0.05) is 12.2 Å². The molecule has 1 saturated carbocycles. The number of benzene rings is 1. The van der Waals surface area contributed by atoms with E-state index in [0.717, 1.165) is 0 Å². The van der Waals surface area contributed by atoms with E-state index in [1.165, 1.54) is 4.31 Å². The van der Waals surface area contributed by atoms with E-state index in [2.05, 4.69) is 5.32 Å². The van der Waals surface area contributed by atoms with Crippen molar-refractivity contribution in [1.29, 1.82) is 0 Å². The molecule has 1 saturated heterocycles. The summed E-state index contributed by atoms with van der Waals surface area (Å²) < 4.78 is 25.2. The van der Waals surface area contributed by atoms with Crippen LogP contribution in [-0.4, -0.2) is 37.7 Å². The van der Waals surface area contributed by atoms with Crippen LogP contribution in [0.5, 0.6) is 0 Å². The highest BCUT2D eigenvalue weighted by atomic mass is 32.2. The molecule has 130 valence electrons. The number of nitrogens with zero attached hydrogens (tertiary/aromatic N) is 1. The van der Waals surface area contributed by atoms with E-state index in [9.17, 15) is 18.0 Å². The maximum Gasteiger partial charge on any atom is 0.307 e. The molecular formula is C16H20N2O5S. The second kappa shape index (κ2) is 5.47. The third kappa shape index (κ3) is 2.75. The monoisotopic (exact) mass is 352 g/mol. The summed E-state index contributed by atoms with van der Waals surface area (Å²) >= 11 is 0. The number of hydrogen-bond donors (Lipinski definition) is 2. The van der Waals surface area contributed by atoms with Crippen molar-refractivity contribution in [1.82, 2.24) is 0 Å². The molecule has 0 spiro atoms. The maximum absolute atomic E-state index is 12.3. The predicted octanol–water partition coefficient (Wildman–Crippen LogP) is 1.52. The topological polar surface area (TPSA) is 104 Å². The number of carboxylic acid groups (broad SMARTS) is 1. The number of rotatable bonds is 4. The zero-order valence-corrected chi connectivity index (χ0v) is 14.3. The molecule has 0 unspecified atom stereocenters. The highest BCUT2D eigenvalue weighted by molar-refractivity contribution is 7.93. The van der Waals surface area contributed by atoms with Crippen molar-refractivity contribution in [2.24, 2.45) is 17.3 Å². The van der Waals surface area contributed by atoms with E-state index in [1.807, 2.05) is 0 Å². The van der Waals surface area contributed by atoms with E-state index >= 15 is 0 Å². The van der Waals surface area contributed by atoms with Crippen LogP contribution >= 0.6 is 0 Å². The molecule has 3 rings (SSSR count). The Kier molecular flexibility index (Phi) is 3.82. The highest BCUT2D eigenvalue weighted by Gasteiger charge is 2.65. The Labute approximate surface area is 140 Å². The van der Waals surface area contributed by atoms with Crippen LogP contribution in [0.3, 0.4) is 0 Å². The number of hydrogen-bond acceptors (Lipinski definition) is 4. The van der Waals surface area contributed by atoms with Crippen LogP contribution in [0.2, 0.25) is 0 Å². The normalized spacial score (nSPS) is 26.8. The number of aliphatic carboxylic acids is 1. The molecule has 0 radical (unpaired) electrons. The van der Waals surface area contributed by atoms with Gasteiger partial charge < -0.3 is 10.4 Å². The van der Waals surface area contributed by atoms with Gasteiger partial charge in [-0.3, -0.25) is 13.9 Å². The summed E-state index contributed by atoms with van der Waals surface area (Å²) in [6, 6.07) is 6.55. The molecule has 0 aromatic heterocycles. The summed E-state index contributed by atoms with van der Waals surface area (Å²) in [6.45, 7) is 3.99. The van der Waals surface area contributed by atoms with Gasteiger partial charge in [0.1, 0.15) is 0 Å². The number of sulfonamides is 1. The summed E-state index contributed by atoms with van der Waals surface area (Å²) in [5.41, 5.74) is 0.535. The predicted molar refractivity (Wildman–Crippen MR) is 89.2 cm³/mol. The van der Waals surface area contributed by atoms with Crippen molar-refractivity contribution in [3.8, 4) is 0 Å². The van der Waals surface area contributed by atoms with Crippen molar-refractivity contribution >= 4 is 33.3 Å². The zero-order chi connectivity index (χ0) is 17.7. The van der Waals surface area contributed by atoms with Gasteiger partial charge in [-0.05, 0) is 36.1 Å². The zero-order valence-electron chi connectivity index (χ0n) is 13.5. The molecule has 8 heteroatoms. The molecule has 2 fully saturated rings. The number of amides is 1. The SMILES string of the molecule is CC1(C)[C@H](C(=O)Nc2ccc(N3CCCS3(=O)=O)cc2)[C@@H]1C(=O)O. The Balaban J connectivity index is 1.69. The standard InChI is InChI=1S/C16H20N2O5S/c1-16(2)12(13(16)15(20)21)14(19)17-10-4-6-11(7-5-10)18-8-3-9-24(18,22)23/h4-7,12-13H,3,8-9H2,1-2H3,(H,17,19)(H,20,21)/t12-,13+/m0/s1. The molecule has 2 atom stereocenters. The van der Waals surface area contributed by atoms with Gasteiger partial charge in [-0.25, -0.2) is 8.42 Å². The Morgan fingerprint density at radius 2 is 1.83 bits per heavy atom. The third-order valence-corrected chi connectivity index (χ3v) is 6.77. The summed E-state index contributed by atoms with van der Waals surface area (Å²) in [7, 11) is -3.23. The van der Waals surface area contributed by atoms with E-state index in [1.54, 1.807) is 38.1 Å². The van der Waals surface area contributed by atoms with Crippen molar-refractivity contribution < 1.29 is 23.1 Å². The summed E-state index contributed by atoms with van der Waals surface area (Å²) in [5.74, 6) is -2.37. The van der Waals surface area contributed by atoms with Crippen molar-refractivity contribution in [2.45, 2.75) is 20.3 Å². The summed E-state index contributed by atoms with van der Waals surface area (Å²) in [5, 5.41) is 11.9. The smallest absolute Gasteiger partial charge is 0.307 e. The summed E-state index contributed by atoms with van der Waals surface area (Å²) in [4.78, 5) is 23.4. The molecule has 1 amide bonds. The van der Waals surface area contributed by atoms with Gasteiger partial charge in [0.25, 0.3) is 0 Å². The minimum atomic E-state index is -3.23. The quantitative estimate of drug-likeness (QED) is 0.855. The Morgan fingerprint density at radius 3 is 2.29 bits per heavy atom. The molecule has 1 heterocycles. The van der Waals surface area contributed by atoms with Gasteiger partial charge in [-0.1, -0.05) is 13.8 Å². The van der Waals surface area contributed by atoms with Crippen LogP contribution < -0.4 is 9.62 Å². The lowest BCUT2D eigenvalue weighted by atomic mass is 10.1. The van der Waals surface area contributed by atoms with Crippen LogP contribution in [0.25, 0.3) is 0 Å². The van der Waals surface area contributed by atoms with E-state index in [4.69, 9.17) is 5.11 Å². The van der Waals surface area contributed by atoms with Crippen LogP contribution in [0.4, 0.5) is 11.4 Å². The van der Waals surface area contributed by atoms with E-state index in [0.29, 0.717) is 24.3 Å². The second-order valence-corrected chi connectivity index (χ2v) is 8.91. The first kappa shape index (κ1) is 16.8. The van der Waals surface area contributed by atoms with E-state index < -0.39 is 33.2 Å². The Morgan fingerprint density at radius 1 is 1.21 bits per heavy atom. The largest absolute Gasteiger partial charge is 0.481 e. The van der Waals surface area contributed by atoms with E-state index in [-0.39, 0.29) is 11.7 Å². The molecular weight excluding hydrogens is 332 g/mol. The number of anilines is 2. The first-order chi connectivity index (χ1) is 11.1. The maximum atomic E-state index is 12.3. The van der Waals surface area contributed by atoms with Gasteiger partial charge in [-0.2, -0.15) is 0 Å². The summed E-state index contributed by atoms with van der Waals surface area (Å²) in [6.07, 6.45) is 0.605. The van der Waals surface area contributed by atoms with Gasteiger partial charge in [0.2, 0.25) is 15.9 Å². The van der Waals surface area contributed by atoms with Crippen LogP contribution in [-0.2, 0) is 19.6 Å². The highest BCUT2D eigenvalue weighted by Crippen LogP contribution is 2.58. The molecule has 0 bridgehead atoms. The Hall–Kier alpha value is -2.09. The Bertz CT molecular complexity index is 785. The molecule has 24 heavy (non-hydrogen) atoms. The third-order valence-electron chi connectivity index (χ3n) is 4.90. The number of nitrogens with one attached hydrogen (secondary N) is 1. The second-order valence-electron chi connectivity index (χ2n) is 6.89. The number of carbonyl (C=O) groups is 2. The fourth-order valence-corrected chi connectivity index (χ4v) is 5.01. The minimum absolute atomic E-state index is 0.152. The van der Waals surface area contributed by atoms with Crippen molar-refractivity contribution in [2.75, 3.05) is 21.9 Å². The lowest BCUT2D eigenvalue weighted by Crippen LogP contribution is -2.25. The van der Waals surface area contributed by atoms with Crippen molar-refractivity contribution in [3.05, 3.63) is 24.3 Å². The molecule has 1 aromatic rings. The molecule has 1 aromatic carbocycles. The molecule has 7 nitrogen and oxygen atoms in total. The fourth-order valence-electron chi connectivity index (χ4n) is 3.45. The van der Waals surface area contributed by atoms with Gasteiger partial charge in [-0.15, -0.1) is 0 Å². The molecule has 1 aliphatic heterocycles. The van der Waals surface area contributed by atoms with Crippen LogP contribution in [0.15, 0.2) is 24.3 Å². The first-order valence-corrected chi connectivity index (χ1v) is 9.39. The van der Waals surface area contributed by atoms with Gasteiger partial charge in [0.05, 0.1) is 23.3 Å². The molecule has 2 N–H and O–H groups in total.